The molecule has 19 heavy (non-hydrogen) atoms. The smallest absolute Gasteiger partial charge is 0.183 e. The molecule has 0 aliphatic carbocycles. The van der Waals surface area contributed by atoms with Gasteiger partial charge < -0.3 is 10.5 Å². The van der Waals surface area contributed by atoms with Gasteiger partial charge in [-0.15, -0.1) is 11.3 Å². The zero-order chi connectivity index (χ0) is 13.8. The van der Waals surface area contributed by atoms with Crippen LogP contribution in [0.1, 0.15) is 21.7 Å². The van der Waals surface area contributed by atoms with Crippen molar-refractivity contribution in [2.24, 2.45) is 5.16 Å². The largest absolute Gasteiger partial charge is 0.411 e. The standard InChI is InChI=1S/C14H17N3OS/c1-9-6-4-5-7-12(9)13(17-18)8-15-14-16-10(2)11(3)19-14/h4-7,18H,8H2,1-3H3,(H,15,16). The first-order valence-electron chi connectivity index (χ1n) is 6.06. The van der Waals surface area contributed by atoms with Crippen LogP contribution in [-0.2, 0) is 0 Å². The Balaban J connectivity index is 2.11. The molecular weight excluding hydrogens is 258 g/mol. The van der Waals surface area contributed by atoms with Crippen LogP contribution in [0.5, 0.6) is 0 Å². The van der Waals surface area contributed by atoms with Crippen LogP contribution in [-0.4, -0.2) is 22.4 Å². The Kier molecular flexibility index (Phi) is 4.16. The van der Waals surface area contributed by atoms with E-state index in [1.54, 1.807) is 11.3 Å². The molecule has 0 aliphatic rings. The number of oxime groups is 1. The summed E-state index contributed by atoms with van der Waals surface area (Å²) in [5.41, 5.74) is 3.68. The summed E-state index contributed by atoms with van der Waals surface area (Å²) in [7, 11) is 0. The van der Waals surface area contributed by atoms with E-state index in [4.69, 9.17) is 0 Å². The average Bonchev–Trinajstić information content (AvgIpc) is 2.71. The molecule has 0 unspecified atom stereocenters. The molecule has 1 aromatic heterocycles. The molecular formula is C14H17N3OS. The maximum absolute atomic E-state index is 9.17. The lowest BCUT2D eigenvalue weighted by Gasteiger charge is -2.08. The van der Waals surface area contributed by atoms with Gasteiger partial charge in [0.2, 0.25) is 0 Å². The highest BCUT2D eigenvalue weighted by Crippen LogP contribution is 2.21. The van der Waals surface area contributed by atoms with E-state index in [1.807, 2.05) is 45.0 Å². The van der Waals surface area contributed by atoms with Gasteiger partial charge in [0.25, 0.3) is 0 Å². The highest BCUT2D eigenvalue weighted by atomic mass is 32.1. The van der Waals surface area contributed by atoms with Crippen molar-refractivity contribution in [3.63, 3.8) is 0 Å². The minimum atomic E-state index is 0.452. The molecule has 0 saturated heterocycles. The Hall–Kier alpha value is -1.88. The van der Waals surface area contributed by atoms with Gasteiger partial charge in [0, 0.05) is 10.4 Å². The van der Waals surface area contributed by atoms with Gasteiger partial charge in [0.1, 0.15) is 5.71 Å². The lowest BCUT2D eigenvalue weighted by Crippen LogP contribution is -2.16. The molecule has 4 nitrogen and oxygen atoms in total. The summed E-state index contributed by atoms with van der Waals surface area (Å²) in [4.78, 5) is 5.60. The van der Waals surface area contributed by atoms with Crippen LogP contribution >= 0.6 is 11.3 Å². The van der Waals surface area contributed by atoms with E-state index in [0.717, 1.165) is 22.0 Å². The van der Waals surface area contributed by atoms with Crippen LogP contribution in [0.3, 0.4) is 0 Å². The Labute approximate surface area is 116 Å². The molecule has 5 heteroatoms. The predicted octanol–water partition coefficient (Wildman–Crippen LogP) is 3.36. The summed E-state index contributed by atoms with van der Waals surface area (Å²) >= 11 is 1.61. The van der Waals surface area contributed by atoms with Gasteiger partial charge >= 0.3 is 0 Å². The van der Waals surface area contributed by atoms with Crippen molar-refractivity contribution in [2.45, 2.75) is 20.8 Å². The maximum Gasteiger partial charge on any atom is 0.183 e. The van der Waals surface area contributed by atoms with Crippen molar-refractivity contribution < 1.29 is 5.21 Å². The van der Waals surface area contributed by atoms with E-state index in [9.17, 15) is 5.21 Å². The quantitative estimate of drug-likeness (QED) is 0.511. The molecule has 0 aliphatic heterocycles. The molecule has 0 bridgehead atoms. The third-order valence-corrected chi connectivity index (χ3v) is 4.04. The van der Waals surface area contributed by atoms with E-state index in [2.05, 4.69) is 15.5 Å². The van der Waals surface area contributed by atoms with Crippen molar-refractivity contribution in [3.8, 4) is 0 Å². The second-order valence-electron chi connectivity index (χ2n) is 4.38. The molecule has 0 saturated carbocycles. The molecule has 0 radical (unpaired) electrons. The lowest BCUT2D eigenvalue weighted by molar-refractivity contribution is 0.319. The lowest BCUT2D eigenvalue weighted by atomic mass is 10.0. The average molecular weight is 275 g/mol. The Morgan fingerprint density at radius 3 is 2.63 bits per heavy atom. The van der Waals surface area contributed by atoms with E-state index >= 15 is 0 Å². The monoisotopic (exact) mass is 275 g/mol. The molecule has 0 fully saturated rings. The number of rotatable bonds is 4. The summed E-state index contributed by atoms with van der Waals surface area (Å²) in [6.45, 7) is 6.48. The highest BCUT2D eigenvalue weighted by Gasteiger charge is 2.09. The predicted molar refractivity (Wildman–Crippen MR) is 79.6 cm³/mol. The molecule has 2 rings (SSSR count). The van der Waals surface area contributed by atoms with Gasteiger partial charge in [-0.2, -0.15) is 0 Å². The molecule has 0 atom stereocenters. The summed E-state index contributed by atoms with van der Waals surface area (Å²) in [5, 5.41) is 16.6. The molecule has 0 amide bonds. The molecule has 100 valence electrons. The summed E-state index contributed by atoms with van der Waals surface area (Å²) in [5.74, 6) is 0. The normalized spacial score (nSPS) is 11.6. The number of thiazole rings is 1. The third kappa shape index (κ3) is 3.12. The van der Waals surface area contributed by atoms with Crippen LogP contribution in [0.4, 0.5) is 5.13 Å². The first-order chi connectivity index (χ1) is 9.11. The van der Waals surface area contributed by atoms with Gasteiger partial charge in [-0.1, -0.05) is 29.4 Å². The van der Waals surface area contributed by atoms with Crippen molar-refractivity contribution >= 4 is 22.2 Å². The first kappa shape index (κ1) is 13.5. The number of aryl methyl sites for hydroxylation is 3. The number of hydrogen-bond acceptors (Lipinski definition) is 5. The van der Waals surface area contributed by atoms with Crippen LogP contribution in [0.25, 0.3) is 0 Å². The zero-order valence-corrected chi connectivity index (χ0v) is 12.1. The number of benzene rings is 1. The maximum atomic E-state index is 9.17. The fourth-order valence-electron chi connectivity index (χ4n) is 1.79. The number of hydrogen-bond donors (Lipinski definition) is 2. The second kappa shape index (κ2) is 5.84. The van der Waals surface area contributed by atoms with Crippen molar-refractivity contribution in [3.05, 3.63) is 46.0 Å². The van der Waals surface area contributed by atoms with Crippen LogP contribution in [0.15, 0.2) is 29.4 Å². The summed E-state index contributed by atoms with van der Waals surface area (Å²) in [6.07, 6.45) is 0. The SMILES string of the molecule is Cc1ccccc1C(CNc1nc(C)c(C)s1)=NO. The number of nitrogens with zero attached hydrogens (tertiary/aromatic N) is 2. The second-order valence-corrected chi connectivity index (χ2v) is 5.58. The minimum Gasteiger partial charge on any atom is -0.411 e. The number of aromatic nitrogens is 1. The van der Waals surface area contributed by atoms with E-state index < -0.39 is 0 Å². The number of anilines is 1. The fraction of sp³-hybridized carbons (Fsp3) is 0.286. The van der Waals surface area contributed by atoms with Crippen LogP contribution < -0.4 is 5.32 Å². The summed E-state index contributed by atoms with van der Waals surface area (Å²) < 4.78 is 0. The van der Waals surface area contributed by atoms with E-state index in [1.165, 1.54) is 4.88 Å². The number of nitrogens with one attached hydrogen (secondary N) is 1. The topological polar surface area (TPSA) is 57.5 Å². The Morgan fingerprint density at radius 1 is 1.32 bits per heavy atom. The van der Waals surface area contributed by atoms with Gasteiger partial charge in [-0.05, 0) is 26.3 Å². The molecule has 2 N–H and O–H groups in total. The van der Waals surface area contributed by atoms with E-state index in [0.29, 0.717) is 12.3 Å². The molecule has 1 aromatic carbocycles. The fourth-order valence-corrected chi connectivity index (χ4v) is 2.60. The third-order valence-electron chi connectivity index (χ3n) is 3.01. The van der Waals surface area contributed by atoms with Gasteiger partial charge in [-0.25, -0.2) is 4.98 Å². The van der Waals surface area contributed by atoms with Gasteiger partial charge in [0.05, 0.1) is 12.2 Å². The zero-order valence-electron chi connectivity index (χ0n) is 11.3. The van der Waals surface area contributed by atoms with Crippen LogP contribution in [0, 0.1) is 20.8 Å². The van der Waals surface area contributed by atoms with Crippen LogP contribution in [0.2, 0.25) is 0 Å². The van der Waals surface area contributed by atoms with Gasteiger partial charge in [0.15, 0.2) is 5.13 Å². The first-order valence-corrected chi connectivity index (χ1v) is 6.88. The Morgan fingerprint density at radius 2 is 2.05 bits per heavy atom. The molecule has 1 heterocycles. The summed E-state index contributed by atoms with van der Waals surface area (Å²) in [6, 6.07) is 7.85. The molecule has 2 aromatic rings. The Bertz CT molecular complexity index is 585. The van der Waals surface area contributed by atoms with E-state index in [-0.39, 0.29) is 0 Å². The van der Waals surface area contributed by atoms with Crippen molar-refractivity contribution in [2.75, 3.05) is 11.9 Å². The highest BCUT2D eigenvalue weighted by molar-refractivity contribution is 7.15. The minimum absolute atomic E-state index is 0.452. The van der Waals surface area contributed by atoms with Crippen molar-refractivity contribution in [1.29, 1.82) is 0 Å². The molecule has 0 spiro atoms. The van der Waals surface area contributed by atoms with Crippen molar-refractivity contribution in [1.82, 2.24) is 4.98 Å². The van der Waals surface area contributed by atoms with Gasteiger partial charge in [-0.3, -0.25) is 0 Å².